The van der Waals surface area contributed by atoms with Crippen LogP contribution in [0.2, 0.25) is 0 Å². The molecule has 0 aliphatic rings. The number of nitrogens with zero attached hydrogens (tertiary/aromatic N) is 4. The summed E-state index contributed by atoms with van der Waals surface area (Å²) in [5, 5.41) is 14.4. The van der Waals surface area contributed by atoms with Crippen LogP contribution in [-0.4, -0.2) is 31.4 Å². The van der Waals surface area contributed by atoms with E-state index in [1.807, 2.05) is 42.6 Å². The summed E-state index contributed by atoms with van der Waals surface area (Å²) in [6.07, 6.45) is 9.65. The summed E-state index contributed by atoms with van der Waals surface area (Å²) in [5.74, 6) is -0.473. The standard InChI is InChI=1S/C26H22N6O3/c33-25(30-24(17-31-13-4-12-27-31)19-5-2-1-3-6-19)20-7-9-23(10-8-20)32-16-22(15-28-32)29-26(34)21-11-14-35-18-21/h1-16,18,24H,17H2,(H,29,34)(H,30,33)/t24-/m0/s1. The van der Waals surface area contributed by atoms with E-state index in [-0.39, 0.29) is 17.9 Å². The molecule has 3 heterocycles. The monoisotopic (exact) mass is 466 g/mol. The van der Waals surface area contributed by atoms with Crippen LogP contribution in [0.1, 0.15) is 32.3 Å². The van der Waals surface area contributed by atoms with E-state index in [4.69, 9.17) is 4.42 Å². The van der Waals surface area contributed by atoms with Crippen molar-refractivity contribution in [3.63, 3.8) is 0 Å². The Labute approximate surface area is 201 Å². The number of rotatable bonds is 8. The lowest BCUT2D eigenvalue weighted by molar-refractivity contribution is 0.0931. The van der Waals surface area contributed by atoms with E-state index in [9.17, 15) is 9.59 Å². The smallest absolute Gasteiger partial charge is 0.259 e. The number of furan rings is 1. The van der Waals surface area contributed by atoms with Gasteiger partial charge in [0, 0.05) is 18.0 Å². The molecule has 2 N–H and O–H groups in total. The van der Waals surface area contributed by atoms with Gasteiger partial charge in [0.15, 0.2) is 0 Å². The normalized spacial score (nSPS) is 11.7. The zero-order chi connectivity index (χ0) is 24.0. The highest BCUT2D eigenvalue weighted by Gasteiger charge is 2.17. The van der Waals surface area contributed by atoms with Gasteiger partial charge >= 0.3 is 0 Å². The molecule has 1 atom stereocenters. The van der Waals surface area contributed by atoms with Crippen LogP contribution in [0.4, 0.5) is 5.69 Å². The van der Waals surface area contributed by atoms with Gasteiger partial charge in [-0.2, -0.15) is 10.2 Å². The zero-order valence-corrected chi connectivity index (χ0v) is 18.6. The molecule has 0 fully saturated rings. The molecule has 0 radical (unpaired) electrons. The summed E-state index contributed by atoms with van der Waals surface area (Å²) in [6, 6.07) is 20.1. The van der Waals surface area contributed by atoms with Gasteiger partial charge in [-0.3, -0.25) is 14.3 Å². The van der Waals surface area contributed by atoms with Gasteiger partial charge in [0.05, 0.1) is 48.2 Å². The van der Waals surface area contributed by atoms with Gasteiger partial charge in [-0.05, 0) is 42.0 Å². The van der Waals surface area contributed by atoms with Crippen molar-refractivity contribution in [2.75, 3.05) is 5.32 Å². The van der Waals surface area contributed by atoms with Gasteiger partial charge in [-0.1, -0.05) is 30.3 Å². The molecule has 5 rings (SSSR count). The number of amides is 2. The molecule has 9 nitrogen and oxygen atoms in total. The average molecular weight is 467 g/mol. The van der Waals surface area contributed by atoms with Gasteiger partial charge in [0.1, 0.15) is 6.26 Å². The second kappa shape index (κ2) is 9.92. The molecule has 3 aromatic heterocycles. The van der Waals surface area contributed by atoms with Crippen molar-refractivity contribution >= 4 is 17.5 Å². The molecule has 0 spiro atoms. The first-order chi connectivity index (χ1) is 17.2. The Morgan fingerprint density at radius 3 is 2.46 bits per heavy atom. The van der Waals surface area contributed by atoms with Crippen molar-refractivity contribution < 1.29 is 14.0 Å². The molecule has 9 heteroatoms. The van der Waals surface area contributed by atoms with Crippen molar-refractivity contribution in [2.24, 2.45) is 0 Å². The highest BCUT2D eigenvalue weighted by molar-refractivity contribution is 6.03. The van der Waals surface area contributed by atoms with Crippen molar-refractivity contribution in [2.45, 2.75) is 12.6 Å². The molecule has 0 aliphatic heterocycles. The quantitative estimate of drug-likeness (QED) is 0.358. The number of carbonyl (C=O) groups is 2. The van der Waals surface area contributed by atoms with Crippen LogP contribution >= 0.6 is 0 Å². The minimum atomic E-state index is -0.284. The maximum absolute atomic E-state index is 13.0. The van der Waals surface area contributed by atoms with Gasteiger partial charge in [0.25, 0.3) is 11.8 Å². The molecular formula is C26H22N6O3. The van der Waals surface area contributed by atoms with E-state index in [1.54, 1.807) is 58.3 Å². The van der Waals surface area contributed by atoms with Crippen LogP contribution in [0, 0.1) is 0 Å². The van der Waals surface area contributed by atoms with Crippen LogP contribution in [0.15, 0.2) is 108 Å². The first-order valence-corrected chi connectivity index (χ1v) is 11.0. The topological polar surface area (TPSA) is 107 Å². The highest BCUT2D eigenvalue weighted by Crippen LogP contribution is 2.18. The van der Waals surface area contributed by atoms with E-state index in [1.165, 1.54) is 12.5 Å². The molecular weight excluding hydrogens is 444 g/mol. The SMILES string of the molecule is O=C(Nc1cnn(-c2ccc(C(=O)N[C@@H](Cn3cccn3)c3ccccc3)cc2)c1)c1ccoc1. The number of carbonyl (C=O) groups excluding carboxylic acids is 2. The van der Waals surface area contributed by atoms with Crippen LogP contribution in [0.3, 0.4) is 0 Å². The molecule has 0 unspecified atom stereocenters. The van der Waals surface area contributed by atoms with Crippen LogP contribution < -0.4 is 10.6 Å². The molecule has 0 saturated carbocycles. The van der Waals surface area contributed by atoms with E-state index in [0.717, 1.165) is 11.3 Å². The molecule has 2 amide bonds. The van der Waals surface area contributed by atoms with Crippen LogP contribution in [0.5, 0.6) is 0 Å². The third-order valence-electron chi connectivity index (χ3n) is 5.45. The van der Waals surface area contributed by atoms with Crippen molar-refractivity contribution in [1.29, 1.82) is 0 Å². The lowest BCUT2D eigenvalue weighted by Gasteiger charge is -2.19. The van der Waals surface area contributed by atoms with E-state index < -0.39 is 0 Å². The molecule has 2 aromatic carbocycles. The largest absolute Gasteiger partial charge is 0.472 e. The van der Waals surface area contributed by atoms with Crippen LogP contribution in [0.25, 0.3) is 5.69 Å². The number of hydrogen-bond donors (Lipinski definition) is 2. The third kappa shape index (κ3) is 5.19. The number of aromatic nitrogens is 4. The Hall–Kier alpha value is -4.92. The summed E-state index contributed by atoms with van der Waals surface area (Å²) < 4.78 is 8.35. The second-order valence-electron chi connectivity index (χ2n) is 7.85. The first-order valence-electron chi connectivity index (χ1n) is 11.0. The first kappa shape index (κ1) is 21.9. The maximum atomic E-state index is 13.0. The average Bonchev–Trinajstić information content (AvgIpc) is 3.68. The van der Waals surface area contributed by atoms with Crippen molar-refractivity contribution in [3.05, 3.63) is 121 Å². The van der Waals surface area contributed by atoms with Gasteiger partial charge in [-0.25, -0.2) is 4.68 Å². The lowest BCUT2D eigenvalue weighted by Crippen LogP contribution is -2.31. The Balaban J connectivity index is 1.27. The predicted octanol–water partition coefficient (Wildman–Crippen LogP) is 4.09. The Morgan fingerprint density at radius 1 is 0.914 bits per heavy atom. The Kier molecular flexibility index (Phi) is 6.21. The van der Waals surface area contributed by atoms with Gasteiger partial charge < -0.3 is 15.1 Å². The zero-order valence-electron chi connectivity index (χ0n) is 18.6. The molecule has 0 saturated heterocycles. The third-order valence-corrected chi connectivity index (χ3v) is 5.45. The van der Waals surface area contributed by atoms with Crippen molar-refractivity contribution in [3.8, 4) is 5.69 Å². The fraction of sp³-hybridized carbons (Fsp3) is 0.0769. The van der Waals surface area contributed by atoms with E-state index in [0.29, 0.717) is 23.4 Å². The lowest BCUT2D eigenvalue weighted by atomic mass is 10.1. The fourth-order valence-electron chi connectivity index (χ4n) is 3.65. The summed E-state index contributed by atoms with van der Waals surface area (Å²) in [4.78, 5) is 25.2. The molecule has 174 valence electrons. The minimum absolute atomic E-state index is 0.189. The number of hydrogen-bond acceptors (Lipinski definition) is 5. The Morgan fingerprint density at radius 2 is 1.74 bits per heavy atom. The summed E-state index contributed by atoms with van der Waals surface area (Å²) in [5.41, 5.74) is 3.24. The minimum Gasteiger partial charge on any atom is -0.472 e. The summed E-state index contributed by atoms with van der Waals surface area (Å²) >= 11 is 0. The van der Waals surface area contributed by atoms with Crippen LogP contribution in [-0.2, 0) is 6.54 Å². The summed E-state index contributed by atoms with van der Waals surface area (Å²) in [7, 11) is 0. The number of benzene rings is 2. The van der Waals surface area contributed by atoms with Gasteiger partial charge in [-0.15, -0.1) is 0 Å². The number of nitrogens with one attached hydrogen (secondary N) is 2. The number of anilines is 1. The van der Waals surface area contributed by atoms with Gasteiger partial charge in [0.2, 0.25) is 0 Å². The molecule has 35 heavy (non-hydrogen) atoms. The molecule has 0 aliphatic carbocycles. The van der Waals surface area contributed by atoms with E-state index in [2.05, 4.69) is 20.8 Å². The highest BCUT2D eigenvalue weighted by atomic mass is 16.3. The van der Waals surface area contributed by atoms with E-state index >= 15 is 0 Å². The summed E-state index contributed by atoms with van der Waals surface area (Å²) in [6.45, 7) is 0.515. The van der Waals surface area contributed by atoms with Crippen molar-refractivity contribution in [1.82, 2.24) is 24.9 Å². The maximum Gasteiger partial charge on any atom is 0.259 e. The fourth-order valence-corrected chi connectivity index (χ4v) is 3.65. The molecule has 5 aromatic rings. The second-order valence-corrected chi connectivity index (χ2v) is 7.85. The predicted molar refractivity (Wildman–Crippen MR) is 129 cm³/mol. The Bertz CT molecular complexity index is 1390. The molecule has 0 bridgehead atoms.